The highest BCUT2D eigenvalue weighted by atomic mass is 19.4. The minimum absolute atomic E-state index is 0.0604. The van der Waals surface area contributed by atoms with Gasteiger partial charge in [0.25, 0.3) is 5.91 Å². The number of carbonyl (C=O) groups is 1. The van der Waals surface area contributed by atoms with Crippen molar-refractivity contribution in [3.8, 4) is 11.1 Å². The van der Waals surface area contributed by atoms with Crippen LogP contribution in [0.5, 0.6) is 0 Å². The number of aromatic amines is 1. The van der Waals surface area contributed by atoms with Gasteiger partial charge in [0.2, 0.25) is 11.5 Å². The lowest BCUT2D eigenvalue weighted by atomic mass is 10.0. The number of aromatic nitrogens is 3. The Morgan fingerprint density at radius 3 is 2.42 bits per heavy atom. The SMILES string of the molecule is C[C@@H]1CN(c2cc(F)c(-c3cnc(N(C)[C@@H]4CCOC4)nc3)cc2NC(=O)c2c[nH]c(=O)cc2C(F)(F)F)C[C@H](C)N1C. The molecule has 0 aliphatic carbocycles. The molecule has 2 fully saturated rings. The van der Waals surface area contributed by atoms with E-state index in [1.54, 1.807) is 0 Å². The Morgan fingerprint density at radius 2 is 1.81 bits per heavy atom. The van der Waals surface area contributed by atoms with Gasteiger partial charge >= 0.3 is 6.18 Å². The summed E-state index contributed by atoms with van der Waals surface area (Å²) in [5.41, 5.74) is -2.34. The molecule has 43 heavy (non-hydrogen) atoms. The van der Waals surface area contributed by atoms with Crippen molar-refractivity contribution in [2.24, 2.45) is 0 Å². The normalized spacial score (nSPS) is 21.2. The number of amides is 1. The van der Waals surface area contributed by atoms with Crippen LogP contribution in [0.25, 0.3) is 11.1 Å². The maximum absolute atomic E-state index is 15.8. The van der Waals surface area contributed by atoms with Crippen molar-refractivity contribution in [3.05, 3.63) is 64.1 Å². The first-order chi connectivity index (χ1) is 20.3. The van der Waals surface area contributed by atoms with Gasteiger partial charge in [-0.1, -0.05) is 0 Å². The lowest BCUT2D eigenvalue weighted by Crippen LogP contribution is -2.55. The third kappa shape index (κ3) is 6.34. The highest BCUT2D eigenvalue weighted by molar-refractivity contribution is 6.07. The van der Waals surface area contributed by atoms with Crippen molar-refractivity contribution in [1.29, 1.82) is 0 Å². The second-order valence-corrected chi connectivity index (χ2v) is 11.1. The number of anilines is 3. The van der Waals surface area contributed by atoms with Crippen LogP contribution in [0.1, 0.15) is 36.2 Å². The monoisotopic (exact) mass is 603 g/mol. The van der Waals surface area contributed by atoms with Crippen molar-refractivity contribution >= 4 is 23.2 Å². The molecule has 5 rings (SSSR count). The number of pyridine rings is 1. The van der Waals surface area contributed by atoms with Gasteiger partial charge in [-0.25, -0.2) is 14.4 Å². The molecule has 3 atom stereocenters. The molecule has 0 radical (unpaired) electrons. The number of hydrogen-bond acceptors (Lipinski definition) is 8. The minimum atomic E-state index is -4.95. The maximum atomic E-state index is 15.8. The molecule has 2 aliphatic heterocycles. The summed E-state index contributed by atoms with van der Waals surface area (Å²) in [6, 6.07) is 3.25. The lowest BCUT2D eigenvalue weighted by Gasteiger charge is -2.44. The number of carbonyl (C=O) groups excluding carboxylic acids is 1. The Morgan fingerprint density at radius 1 is 1.14 bits per heavy atom. The average molecular weight is 604 g/mol. The van der Waals surface area contributed by atoms with Crippen LogP contribution in [0.2, 0.25) is 0 Å². The number of nitrogens with zero attached hydrogens (tertiary/aromatic N) is 5. The fraction of sp³-hybridized carbons (Fsp3) is 0.448. The predicted octanol–water partition coefficient (Wildman–Crippen LogP) is 4.00. The molecule has 0 spiro atoms. The van der Waals surface area contributed by atoms with E-state index in [2.05, 4.69) is 25.2 Å². The number of likely N-dealkylation sites (N-methyl/N-ethyl adjacent to an activating group) is 2. The molecule has 230 valence electrons. The van der Waals surface area contributed by atoms with Crippen molar-refractivity contribution in [2.75, 3.05) is 55.5 Å². The summed E-state index contributed by atoms with van der Waals surface area (Å²) in [6.45, 7) is 6.20. The van der Waals surface area contributed by atoms with E-state index in [0.29, 0.717) is 49.6 Å². The standard InChI is InChI=1S/C29H33F4N7O3/c1-16-13-40(14-17(2)38(16)3)25-9-23(30)20(18-10-35-28(36-11-18)39(4)19-5-6-43-15-19)7-24(25)37-27(42)21-12-34-26(41)8-22(21)29(31,32)33/h7-12,16-17,19H,5-6,13-15H2,1-4H3,(H,34,41)(H,37,42)/t16-,17+,19-/m1/s1. The van der Waals surface area contributed by atoms with Gasteiger partial charge in [0.15, 0.2) is 0 Å². The molecule has 2 N–H and O–H groups in total. The number of nitrogens with one attached hydrogen (secondary N) is 2. The average Bonchev–Trinajstić information content (AvgIpc) is 3.51. The van der Waals surface area contributed by atoms with Gasteiger partial charge in [-0.05, 0) is 39.4 Å². The molecular weight excluding hydrogens is 570 g/mol. The number of hydrogen-bond donors (Lipinski definition) is 2. The molecule has 1 aromatic carbocycles. The summed E-state index contributed by atoms with van der Waals surface area (Å²) >= 11 is 0. The van der Waals surface area contributed by atoms with E-state index < -0.39 is 34.6 Å². The Labute approximate surface area is 245 Å². The fourth-order valence-corrected chi connectivity index (χ4v) is 5.46. The zero-order valence-electron chi connectivity index (χ0n) is 24.2. The van der Waals surface area contributed by atoms with E-state index in [4.69, 9.17) is 4.74 Å². The largest absolute Gasteiger partial charge is 0.417 e. The minimum Gasteiger partial charge on any atom is -0.379 e. The number of rotatable bonds is 6. The first-order valence-corrected chi connectivity index (χ1v) is 13.9. The summed E-state index contributed by atoms with van der Waals surface area (Å²) in [5.74, 6) is -1.28. The summed E-state index contributed by atoms with van der Waals surface area (Å²) in [7, 11) is 3.83. The molecule has 14 heteroatoms. The molecule has 1 amide bonds. The highest BCUT2D eigenvalue weighted by Gasteiger charge is 2.36. The van der Waals surface area contributed by atoms with Crippen LogP contribution in [0, 0.1) is 5.82 Å². The molecule has 0 unspecified atom stereocenters. The number of piperazine rings is 1. The van der Waals surface area contributed by atoms with Gasteiger partial charge < -0.3 is 24.8 Å². The van der Waals surface area contributed by atoms with Crippen LogP contribution in [-0.2, 0) is 10.9 Å². The smallest absolute Gasteiger partial charge is 0.379 e. The highest BCUT2D eigenvalue weighted by Crippen LogP contribution is 2.37. The second-order valence-electron chi connectivity index (χ2n) is 11.1. The number of halogens is 4. The summed E-state index contributed by atoms with van der Waals surface area (Å²) in [5, 5.41) is 2.56. The molecule has 3 aromatic rings. The first kappa shape index (κ1) is 30.4. The van der Waals surface area contributed by atoms with Gasteiger partial charge in [0, 0.05) is 74.6 Å². The molecule has 2 saturated heterocycles. The molecular formula is C29H33F4N7O3. The predicted molar refractivity (Wildman–Crippen MR) is 154 cm³/mol. The van der Waals surface area contributed by atoms with Gasteiger partial charge in [-0.15, -0.1) is 0 Å². The number of H-pyrrole nitrogens is 1. The number of alkyl halides is 3. The number of ether oxygens (including phenoxy) is 1. The molecule has 2 aliphatic rings. The summed E-state index contributed by atoms with van der Waals surface area (Å²) < 4.78 is 62.4. The van der Waals surface area contributed by atoms with Gasteiger partial charge in [-0.3, -0.25) is 14.5 Å². The third-order valence-electron chi connectivity index (χ3n) is 8.23. The van der Waals surface area contributed by atoms with E-state index >= 15 is 4.39 Å². The van der Waals surface area contributed by atoms with E-state index in [0.717, 1.165) is 12.6 Å². The maximum Gasteiger partial charge on any atom is 0.417 e. The molecule has 0 bridgehead atoms. The number of benzene rings is 1. The van der Waals surface area contributed by atoms with Crippen molar-refractivity contribution in [3.63, 3.8) is 0 Å². The Bertz CT molecular complexity index is 1530. The van der Waals surface area contributed by atoms with Crippen molar-refractivity contribution in [2.45, 2.75) is 44.6 Å². The van der Waals surface area contributed by atoms with Crippen LogP contribution in [-0.4, -0.2) is 84.3 Å². The molecule has 4 heterocycles. The Kier molecular flexibility index (Phi) is 8.43. The fourth-order valence-electron chi connectivity index (χ4n) is 5.46. The summed E-state index contributed by atoms with van der Waals surface area (Å²) in [6.07, 6.45) is -0.473. The van der Waals surface area contributed by atoms with Crippen LogP contribution in [0.4, 0.5) is 34.9 Å². The lowest BCUT2D eigenvalue weighted by molar-refractivity contribution is -0.138. The van der Waals surface area contributed by atoms with Crippen LogP contribution in [0.3, 0.4) is 0 Å². The molecule has 2 aromatic heterocycles. The van der Waals surface area contributed by atoms with E-state index in [1.807, 2.05) is 37.7 Å². The van der Waals surface area contributed by atoms with Crippen molar-refractivity contribution in [1.82, 2.24) is 19.9 Å². The zero-order chi connectivity index (χ0) is 31.1. The van der Waals surface area contributed by atoms with Crippen LogP contribution in [0.15, 0.2) is 41.6 Å². The van der Waals surface area contributed by atoms with Crippen LogP contribution >= 0.6 is 0 Å². The van der Waals surface area contributed by atoms with Gasteiger partial charge in [-0.2, -0.15) is 13.2 Å². The Balaban J connectivity index is 1.54. The van der Waals surface area contributed by atoms with Gasteiger partial charge in [0.05, 0.1) is 35.2 Å². The van der Waals surface area contributed by atoms with E-state index in [9.17, 15) is 22.8 Å². The first-order valence-electron chi connectivity index (χ1n) is 13.9. The zero-order valence-corrected chi connectivity index (χ0v) is 24.2. The molecule has 10 nitrogen and oxygen atoms in total. The third-order valence-corrected chi connectivity index (χ3v) is 8.23. The Hall–Kier alpha value is -4.04. The van der Waals surface area contributed by atoms with Crippen LogP contribution < -0.4 is 20.7 Å². The summed E-state index contributed by atoms with van der Waals surface area (Å²) in [4.78, 5) is 41.8. The quantitative estimate of drug-likeness (QED) is 0.408. The van der Waals surface area contributed by atoms with E-state index in [-0.39, 0.29) is 29.4 Å². The van der Waals surface area contributed by atoms with E-state index in [1.165, 1.54) is 24.5 Å². The van der Waals surface area contributed by atoms with Gasteiger partial charge in [0.1, 0.15) is 5.82 Å². The van der Waals surface area contributed by atoms with Crippen molar-refractivity contribution < 1.29 is 27.1 Å². The second kappa shape index (κ2) is 11.9. The molecule has 0 saturated carbocycles. The topological polar surface area (TPSA) is 107 Å².